The first-order chi connectivity index (χ1) is 5.84. The zero-order chi connectivity index (χ0) is 8.39. The Morgan fingerprint density at radius 3 is 3.08 bits per heavy atom. The second-order valence-corrected chi connectivity index (χ2v) is 3.28. The second-order valence-electron chi connectivity index (χ2n) is 3.28. The van der Waals surface area contributed by atoms with Crippen molar-refractivity contribution < 1.29 is 5.11 Å². The molecule has 0 aromatic carbocycles. The minimum absolute atomic E-state index is 0.0794. The van der Waals surface area contributed by atoms with Crippen molar-refractivity contribution in [1.82, 2.24) is 15.5 Å². The van der Waals surface area contributed by atoms with Crippen LogP contribution in [0.1, 0.15) is 18.5 Å². The smallest absolute Gasteiger partial charge is 0.0570 e. The molecule has 0 saturated heterocycles. The van der Waals surface area contributed by atoms with E-state index >= 15 is 0 Å². The fourth-order valence-corrected chi connectivity index (χ4v) is 1.39. The summed E-state index contributed by atoms with van der Waals surface area (Å²) in [6.07, 6.45) is 3.43. The van der Waals surface area contributed by atoms with Crippen LogP contribution in [0, 0.1) is 0 Å². The molecule has 4 nitrogen and oxygen atoms in total. The molecule has 1 fully saturated rings. The van der Waals surface area contributed by atoms with Gasteiger partial charge in [0.15, 0.2) is 0 Å². The van der Waals surface area contributed by atoms with Crippen molar-refractivity contribution in [3.63, 3.8) is 0 Å². The Labute approximate surface area is 71.0 Å². The summed E-state index contributed by atoms with van der Waals surface area (Å²) in [5, 5.41) is 19.1. The number of nitrogens with one attached hydrogen (secondary N) is 2. The molecule has 0 bridgehead atoms. The molecule has 12 heavy (non-hydrogen) atoms. The molecule has 0 aliphatic heterocycles. The average molecular weight is 167 g/mol. The molecule has 1 aromatic heterocycles. The summed E-state index contributed by atoms with van der Waals surface area (Å²) in [5.74, 6) is 0. The van der Waals surface area contributed by atoms with Crippen LogP contribution in [0.3, 0.4) is 0 Å². The molecule has 0 unspecified atom stereocenters. The molecule has 2 rings (SSSR count). The van der Waals surface area contributed by atoms with Crippen LogP contribution in [0.4, 0.5) is 0 Å². The predicted molar refractivity (Wildman–Crippen MR) is 44.5 cm³/mol. The number of nitrogens with zero attached hydrogens (tertiary/aromatic N) is 1. The first kappa shape index (κ1) is 7.76. The Morgan fingerprint density at radius 2 is 2.50 bits per heavy atom. The number of aliphatic hydroxyl groups excluding tert-OH is 1. The molecule has 1 saturated carbocycles. The van der Waals surface area contributed by atoms with Crippen LogP contribution < -0.4 is 5.32 Å². The Hall–Kier alpha value is -0.870. The average Bonchev–Trinajstić information content (AvgIpc) is 2.47. The zero-order valence-electron chi connectivity index (χ0n) is 6.83. The molecule has 1 aliphatic rings. The minimum Gasteiger partial charge on any atom is -0.393 e. The summed E-state index contributed by atoms with van der Waals surface area (Å²) < 4.78 is 0. The molecule has 0 spiro atoms. The van der Waals surface area contributed by atoms with E-state index < -0.39 is 0 Å². The van der Waals surface area contributed by atoms with Gasteiger partial charge in [-0.25, -0.2) is 0 Å². The Morgan fingerprint density at radius 1 is 1.67 bits per heavy atom. The van der Waals surface area contributed by atoms with Crippen molar-refractivity contribution >= 4 is 0 Å². The van der Waals surface area contributed by atoms with Crippen LogP contribution in [0.25, 0.3) is 0 Å². The Kier molecular flexibility index (Phi) is 2.10. The molecule has 1 aliphatic carbocycles. The molecule has 1 aromatic rings. The molecule has 3 N–H and O–H groups in total. The monoisotopic (exact) mass is 167 g/mol. The maximum absolute atomic E-state index is 9.02. The van der Waals surface area contributed by atoms with Gasteiger partial charge in [-0.05, 0) is 18.9 Å². The van der Waals surface area contributed by atoms with E-state index in [1.54, 1.807) is 6.20 Å². The first-order valence-corrected chi connectivity index (χ1v) is 4.24. The van der Waals surface area contributed by atoms with Gasteiger partial charge in [0.05, 0.1) is 6.10 Å². The fourth-order valence-electron chi connectivity index (χ4n) is 1.39. The number of aliphatic hydroxyl groups is 1. The van der Waals surface area contributed by atoms with E-state index in [1.807, 2.05) is 6.07 Å². The lowest BCUT2D eigenvalue weighted by Gasteiger charge is -2.31. The molecule has 66 valence electrons. The lowest BCUT2D eigenvalue weighted by atomic mass is 9.89. The number of H-pyrrole nitrogens is 1. The minimum atomic E-state index is -0.0794. The van der Waals surface area contributed by atoms with Gasteiger partial charge in [-0.3, -0.25) is 5.10 Å². The maximum Gasteiger partial charge on any atom is 0.0570 e. The van der Waals surface area contributed by atoms with E-state index in [9.17, 15) is 0 Å². The Bertz CT molecular complexity index is 228. The third-order valence-electron chi connectivity index (χ3n) is 2.25. The molecule has 0 radical (unpaired) electrons. The van der Waals surface area contributed by atoms with Crippen molar-refractivity contribution in [1.29, 1.82) is 0 Å². The van der Waals surface area contributed by atoms with Gasteiger partial charge in [-0.1, -0.05) is 0 Å². The van der Waals surface area contributed by atoms with Crippen LogP contribution in [0.15, 0.2) is 12.3 Å². The van der Waals surface area contributed by atoms with Gasteiger partial charge in [0.25, 0.3) is 0 Å². The van der Waals surface area contributed by atoms with Gasteiger partial charge in [0, 0.05) is 24.5 Å². The van der Waals surface area contributed by atoms with Crippen LogP contribution >= 0.6 is 0 Å². The highest BCUT2D eigenvalue weighted by atomic mass is 16.3. The van der Waals surface area contributed by atoms with E-state index in [0.717, 1.165) is 25.1 Å². The number of rotatable bonds is 3. The van der Waals surface area contributed by atoms with Crippen LogP contribution in [-0.2, 0) is 6.54 Å². The molecule has 0 atom stereocenters. The van der Waals surface area contributed by atoms with Crippen molar-refractivity contribution in [3.8, 4) is 0 Å². The van der Waals surface area contributed by atoms with Crippen molar-refractivity contribution in [2.45, 2.75) is 31.5 Å². The van der Waals surface area contributed by atoms with Crippen molar-refractivity contribution in [2.75, 3.05) is 0 Å². The quantitative estimate of drug-likeness (QED) is 0.595. The summed E-state index contributed by atoms with van der Waals surface area (Å²) in [6, 6.07) is 2.44. The van der Waals surface area contributed by atoms with E-state index in [4.69, 9.17) is 5.11 Å². The predicted octanol–water partition coefficient (Wildman–Crippen LogP) is 0.0226. The van der Waals surface area contributed by atoms with Crippen molar-refractivity contribution in [2.24, 2.45) is 0 Å². The fraction of sp³-hybridized carbons (Fsp3) is 0.625. The number of hydrogen-bond acceptors (Lipinski definition) is 3. The van der Waals surface area contributed by atoms with Crippen LogP contribution in [0.2, 0.25) is 0 Å². The lowest BCUT2D eigenvalue weighted by Crippen LogP contribution is -2.43. The molecule has 1 heterocycles. The summed E-state index contributed by atoms with van der Waals surface area (Å²) in [7, 11) is 0. The zero-order valence-corrected chi connectivity index (χ0v) is 6.83. The van der Waals surface area contributed by atoms with Crippen LogP contribution in [-0.4, -0.2) is 27.4 Å². The molecular weight excluding hydrogens is 154 g/mol. The van der Waals surface area contributed by atoms with Crippen molar-refractivity contribution in [3.05, 3.63) is 18.0 Å². The van der Waals surface area contributed by atoms with E-state index in [1.165, 1.54) is 0 Å². The normalized spacial score (nSPS) is 28.4. The summed E-state index contributed by atoms with van der Waals surface area (Å²) in [5.41, 5.74) is 1.09. The van der Waals surface area contributed by atoms with Gasteiger partial charge in [-0.2, -0.15) is 5.10 Å². The first-order valence-electron chi connectivity index (χ1n) is 4.24. The highest BCUT2D eigenvalue weighted by Gasteiger charge is 2.26. The third kappa shape index (κ3) is 1.65. The number of hydrogen-bond donors (Lipinski definition) is 3. The second kappa shape index (κ2) is 3.25. The van der Waals surface area contributed by atoms with E-state index in [0.29, 0.717) is 6.04 Å². The largest absolute Gasteiger partial charge is 0.393 e. The lowest BCUT2D eigenvalue weighted by molar-refractivity contribution is 0.0618. The van der Waals surface area contributed by atoms with Gasteiger partial charge in [-0.15, -0.1) is 0 Å². The van der Waals surface area contributed by atoms with E-state index in [2.05, 4.69) is 15.5 Å². The third-order valence-corrected chi connectivity index (χ3v) is 2.25. The topological polar surface area (TPSA) is 60.9 Å². The van der Waals surface area contributed by atoms with Gasteiger partial charge < -0.3 is 10.4 Å². The SMILES string of the molecule is OC1CC(NCc2ccn[nH]2)C1. The highest BCUT2D eigenvalue weighted by molar-refractivity contribution is 4.98. The number of aromatic nitrogens is 2. The molecule has 0 amide bonds. The van der Waals surface area contributed by atoms with Gasteiger partial charge >= 0.3 is 0 Å². The Balaban J connectivity index is 1.70. The summed E-state index contributed by atoms with van der Waals surface area (Å²) in [6.45, 7) is 0.817. The maximum atomic E-state index is 9.02. The van der Waals surface area contributed by atoms with Crippen LogP contribution in [0.5, 0.6) is 0 Å². The molecule has 4 heteroatoms. The molecular formula is C8H13N3O. The summed E-state index contributed by atoms with van der Waals surface area (Å²) in [4.78, 5) is 0. The highest BCUT2D eigenvalue weighted by Crippen LogP contribution is 2.19. The standard InChI is InChI=1S/C8H13N3O/c12-8-3-7(4-8)9-5-6-1-2-10-11-6/h1-2,7-9,12H,3-5H2,(H,10,11). The van der Waals surface area contributed by atoms with E-state index in [-0.39, 0.29) is 6.10 Å². The number of aromatic amines is 1. The summed E-state index contributed by atoms with van der Waals surface area (Å²) >= 11 is 0. The van der Waals surface area contributed by atoms with Gasteiger partial charge in [0.1, 0.15) is 0 Å². The van der Waals surface area contributed by atoms with Gasteiger partial charge in [0.2, 0.25) is 0 Å².